The van der Waals surface area contributed by atoms with E-state index in [2.05, 4.69) is 65.6 Å². The molecule has 10 N–H and O–H groups in total. The standard InChI is InChI=1S/C19H34O46S10/c1-36-17-14(49-73(27,28)29)11(43-19-16(51-75(33,34)35)13(48-72-65-58-26)10(46-70-63-56-24)7(42-19)4-39-67-60-53-21)8(44-68-61-54-22)5(40-17)2-37-18-15(50-74(30,31)32)12(47-71-64-57-25)9(45-69-62-55-23)6(41-18)3-38-66-59-52-20/h5-26H,2-4H2,1H3,(H,27,28,29)(H,30,31,32)(H,33,34,35)/t5?,6?,7?,8-,9-,10-,11+,12+,13+,14?,15?,16?,17+,18-,19+/m1/s1. The Morgan fingerprint density at radius 2 is 0.667 bits per heavy atom. The van der Waals surface area contributed by atoms with Crippen LogP contribution in [0.2, 0.25) is 0 Å². The molecule has 6 unspecified atom stereocenters. The molecule has 3 fully saturated rings. The molecule has 3 heterocycles. The highest BCUT2D eigenvalue weighted by Gasteiger charge is 2.58. The zero-order valence-electron chi connectivity index (χ0n) is 35.0. The lowest BCUT2D eigenvalue weighted by Gasteiger charge is -2.48. The predicted octanol–water partition coefficient (Wildman–Crippen LogP) is -0.377. The minimum absolute atomic E-state index is 0.0770. The Morgan fingerprint density at radius 3 is 1.03 bits per heavy atom. The van der Waals surface area contributed by atoms with Gasteiger partial charge in [0, 0.05) is 7.11 Å². The van der Waals surface area contributed by atoms with Gasteiger partial charge in [0.15, 0.2) is 123 Å². The van der Waals surface area contributed by atoms with Gasteiger partial charge in [0.2, 0.25) is 0 Å². The summed E-state index contributed by atoms with van der Waals surface area (Å²) in [5.74, 6) is 0. The molecule has 0 radical (unpaired) electrons. The average molecular weight is 1320 g/mol. The van der Waals surface area contributed by atoms with Crippen LogP contribution in [0.5, 0.6) is 0 Å². The van der Waals surface area contributed by atoms with Gasteiger partial charge in [0.05, 0.1) is 19.8 Å². The largest absolute Gasteiger partial charge is 0.397 e. The van der Waals surface area contributed by atoms with E-state index in [1.54, 1.807) is 0 Å². The monoisotopic (exact) mass is 1320 g/mol. The van der Waals surface area contributed by atoms with Gasteiger partial charge in [-0.05, 0) is 0 Å². The van der Waals surface area contributed by atoms with E-state index in [4.69, 9.17) is 107 Å². The summed E-state index contributed by atoms with van der Waals surface area (Å²) in [4.78, 5) is 0. The van der Waals surface area contributed by atoms with Gasteiger partial charge in [-0.1, -0.05) is 35.3 Å². The van der Waals surface area contributed by atoms with Crippen molar-refractivity contribution in [3.05, 3.63) is 0 Å². The molecule has 0 aromatic heterocycles. The van der Waals surface area contributed by atoms with Crippen LogP contribution in [0.25, 0.3) is 0 Å². The molecule has 0 bridgehead atoms. The van der Waals surface area contributed by atoms with E-state index < -0.39 is 143 Å². The maximum atomic E-state index is 12.4. The van der Waals surface area contributed by atoms with Crippen molar-refractivity contribution in [2.24, 2.45) is 0 Å². The molecular formula is C19H34O46S10. The summed E-state index contributed by atoms with van der Waals surface area (Å²) in [5, 5.41) is 84.8. The maximum absolute atomic E-state index is 12.4. The van der Waals surface area contributed by atoms with Crippen molar-refractivity contribution in [1.29, 1.82) is 0 Å². The highest BCUT2D eigenvalue weighted by atomic mass is 32.3. The molecule has 0 aromatic rings. The molecule has 56 heteroatoms. The van der Waals surface area contributed by atoms with Gasteiger partial charge in [-0.3, -0.25) is 42.9 Å². The van der Waals surface area contributed by atoms with Gasteiger partial charge in [0.1, 0.15) is 54.9 Å². The minimum atomic E-state index is -5.79. The van der Waals surface area contributed by atoms with E-state index in [1.165, 1.54) is 0 Å². The second-order valence-electron chi connectivity index (χ2n) is 12.1. The van der Waals surface area contributed by atoms with Crippen molar-refractivity contribution in [3.63, 3.8) is 0 Å². The minimum Gasteiger partial charge on any atom is -0.353 e. The SMILES string of the molecule is CO[C@H]1OC(CO[C@@H]2OC(COSOOO)[C@@H](OSOOO)[C@H](OSOOO)C2OS(=O)(=O)O)[C@@H](OSOOO)[C@H](O[C@@H]2OC(COSOOO)[C@@H](OSOOO)[C@H](OSOOO)C2OS(=O)(=O)O)C1OS(=O)(=O)O. The molecule has 0 spiro atoms. The quantitative estimate of drug-likeness (QED) is 0.0122. The third kappa shape index (κ3) is 25.8. The van der Waals surface area contributed by atoms with Gasteiger partial charge in [-0.25, -0.2) is 49.3 Å². The molecule has 3 saturated heterocycles. The van der Waals surface area contributed by atoms with E-state index in [0.29, 0.717) is 0 Å². The van der Waals surface area contributed by atoms with Crippen molar-refractivity contribution in [1.82, 2.24) is 0 Å². The maximum Gasteiger partial charge on any atom is 0.397 e. The molecule has 3 aliphatic rings. The van der Waals surface area contributed by atoms with E-state index in [1.807, 2.05) is 0 Å². The lowest BCUT2D eigenvalue weighted by Crippen LogP contribution is -2.66. The summed E-state index contributed by atoms with van der Waals surface area (Å²) < 4.78 is 218. The predicted molar refractivity (Wildman–Crippen MR) is 216 cm³/mol. The fourth-order valence-corrected chi connectivity index (χ4v) is 9.72. The smallest absolute Gasteiger partial charge is 0.353 e. The molecule has 3 rings (SSSR count). The first kappa shape index (κ1) is 70.0. The molecule has 0 aromatic carbocycles. The first-order valence-electron chi connectivity index (χ1n) is 17.6. The Morgan fingerprint density at radius 1 is 0.373 bits per heavy atom. The Kier molecular flexibility index (Phi) is 35.2. The van der Waals surface area contributed by atoms with Crippen LogP contribution in [0.1, 0.15) is 0 Å². The third-order valence-electron chi connectivity index (χ3n) is 8.14. The summed E-state index contributed by atoms with van der Waals surface area (Å²) in [6.07, 6.45) is -33.2. The van der Waals surface area contributed by atoms with Crippen LogP contribution >= 0.6 is 86.3 Å². The Bertz CT molecular complexity index is 1850. The van der Waals surface area contributed by atoms with Crippen LogP contribution in [0, 0.1) is 0 Å². The van der Waals surface area contributed by atoms with Gasteiger partial charge in [-0.2, -0.15) is 25.3 Å². The van der Waals surface area contributed by atoms with E-state index in [0.717, 1.165) is 7.11 Å². The summed E-state index contributed by atoms with van der Waals surface area (Å²) in [6, 6.07) is 0. The Balaban J connectivity index is 2.25. The summed E-state index contributed by atoms with van der Waals surface area (Å²) in [7, 11) is -16.4. The number of methoxy groups -OCH3 is 1. The van der Waals surface area contributed by atoms with E-state index in [9.17, 15) is 38.9 Å². The van der Waals surface area contributed by atoms with Crippen molar-refractivity contribution in [3.8, 4) is 0 Å². The molecular weight excluding hydrogens is 1280 g/mol. The molecule has 75 heavy (non-hydrogen) atoms. The van der Waals surface area contributed by atoms with Crippen LogP contribution in [-0.4, -0.2) is 195 Å². The molecule has 446 valence electrons. The molecule has 0 aliphatic carbocycles. The first-order valence-corrected chi connectivity index (χ1v) is 26.3. The lowest BCUT2D eigenvalue weighted by atomic mass is 9.96. The Hall–Kier alpha value is 0.700. The first-order chi connectivity index (χ1) is 35.8. The van der Waals surface area contributed by atoms with Crippen LogP contribution in [0.15, 0.2) is 0 Å². The highest BCUT2D eigenvalue weighted by Crippen LogP contribution is 2.40. The fraction of sp³-hybridized carbons (Fsp3) is 1.00. The third-order valence-corrected chi connectivity index (χ3v) is 12.3. The summed E-state index contributed by atoms with van der Waals surface area (Å²) in [5.41, 5.74) is 0. The van der Waals surface area contributed by atoms with Crippen LogP contribution in [-0.2, 0) is 167 Å². The van der Waals surface area contributed by atoms with Crippen molar-refractivity contribution >= 4 is 117 Å². The molecule has 3 aliphatic heterocycles. The average Bonchev–Trinajstić information content (AvgIpc) is 3.34. The van der Waals surface area contributed by atoms with Gasteiger partial charge < -0.3 is 28.4 Å². The topological polar surface area (TPSA) is 582 Å². The Labute approximate surface area is 446 Å². The van der Waals surface area contributed by atoms with Gasteiger partial charge >= 0.3 is 31.2 Å². The zero-order chi connectivity index (χ0) is 55.4. The number of hydrogen-bond acceptors (Lipinski definition) is 50. The molecule has 0 saturated carbocycles. The highest BCUT2D eigenvalue weighted by molar-refractivity contribution is 7.91. The van der Waals surface area contributed by atoms with E-state index in [-0.39, 0.29) is 86.3 Å². The van der Waals surface area contributed by atoms with Crippen molar-refractivity contribution in [2.75, 3.05) is 26.9 Å². The summed E-state index contributed by atoms with van der Waals surface area (Å²) in [6.45, 7) is -2.98. The molecule has 15 atom stereocenters. The second-order valence-corrected chi connectivity index (χ2v) is 18.6. The van der Waals surface area contributed by atoms with Crippen molar-refractivity contribution < 1.29 is 212 Å². The van der Waals surface area contributed by atoms with Crippen LogP contribution in [0.3, 0.4) is 0 Å². The van der Waals surface area contributed by atoms with Gasteiger partial charge in [-0.15, -0.1) is 30.3 Å². The van der Waals surface area contributed by atoms with Gasteiger partial charge in [0.25, 0.3) is 0 Å². The summed E-state index contributed by atoms with van der Waals surface area (Å²) >= 11 is -1.64. The van der Waals surface area contributed by atoms with Crippen LogP contribution in [0.4, 0.5) is 0 Å². The second kappa shape index (κ2) is 37.7. The normalized spacial score (nSPS) is 31.0. The fourth-order valence-electron chi connectivity index (χ4n) is 5.89. The number of ether oxygens (including phenoxy) is 6. The lowest BCUT2D eigenvalue weighted by molar-refractivity contribution is -0.436. The van der Waals surface area contributed by atoms with Crippen molar-refractivity contribution in [2.45, 2.75) is 92.1 Å². The molecule has 0 amide bonds. The van der Waals surface area contributed by atoms with Crippen LogP contribution < -0.4 is 0 Å². The number of hydrogen-bond donors (Lipinski definition) is 10. The van der Waals surface area contributed by atoms with E-state index >= 15 is 0 Å². The number of rotatable bonds is 42. The molecule has 46 nitrogen and oxygen atoms in total. The zero-order valence-corrected chi connectivity index (χ0v) is 43.2.